The molecular formula is C23H25NO4. The molecule has 0 aliphatic carbocycles. The second-order valence-corrected chi connectivity index (χ2v) is 8.36. The summed E-state index contributed by atoms with van der Waals surface area (Å²) in [6.07, 6.45) is 0. The van der Waals surface area contributed by atoms with Crippen molar-refractivity contribution in [2.75, 3.05) is 4.90 Å². The molecule has 1 heterocycles. The molecule has 5 nitrogen and oxygen atoms in total. The van der Waals surface area contributed by atoms with E-state index in [0.29, 0.717) is 11.3 Å². The Labute approximate surface area is 164 Å². The van der Waals surface area contributed by atoms with Crippen LogP contribution in [0.4, 0.5) is 5.69 Å². The molecule has 0 aromatic heterocycles. The lowest BCUT2D eigenvalue weighted by Crippen LogP contribution is -2.32. The van der Waals surface area contributed by atoms with Gasteiger partial charge in [-0.05, 0) is 54.8 Å². The molecule has 0 saturated carbocycles. The summed E-state index contributed by atoms with van der Waals surface area (Å²) in [4.78, 5) is 27.6. The second kappa shape index (κ2) is 6.82. The lowest BCUT2D eigenvalue weighted by Gasteiger charge is -2.29. The maximum absolute atomic E-state index is 13.1. The molecule has 2 aromatic rings. The molecule has 1 aliphatic rings. The summed E-state index contributed by atoms with van der Waals surface area (Å²) in [5, 5.41) is 20.3. The maximum Gasteiger partial charge on any atom is 0.294 e. The standard InChI is InChI=1S/C23H25NO4/c1-13-10-14(2)12-16(11-13)24-19(15-6-8-17(25)9-7-15)18(20(26)22(24)28)21(27)23(3,4)5/h6-12,19,25-26H,1-5H3. The Balaban J connectivity index is 2.23. The summed E-state index contributed by atoms with van der Waals surface area (Å²) in [6.45, 7) is 9.14. The van der Waals surface area contributed by atoms with Gasteiger partial charge in [0.25, 0.3) is 5.91 Å². The molecule has 0 saturated heterocycles. The van der Waals surface area contributed by atoms with Gasteiger partial charge >= 0.3 is 0 Å². The van der Waals surface area contributed by atoms with E-state index in [2.05, 4.69) is 0 Å². The molecular weight excluding hydrogens is 354 g/mol. The molecule has 1 aliphatic heterocycles. The summed E-state index contributed by atoms with van der Waals surface area (Å²) in [5.74, 6) is -1.32. The second-order valence-electron chi connectivity index (χ2n) is 8.36. The van der Waals surface area contributed by atoms with Crippen LogP contribution in [0.5, 0.6) is 5.75 Å². The van der Waals surface area contributed by atoms with Crippen molar-refractivity contribution in [3.8, 4) is 5.75 Å². The van der Waals surface area contributed by atoms with Crippen molar-refractivity contribution in [1.82, 2.24) is 0 Å². The highest BCUT2D eigenvalue weighted by Gasteiger charge is 2.46. The Hall–Kier alpha value is -3.08. The van der Waals surface area contributed by atoms with Crippen LogP contribution in [0, 0.1) is 19.3 Å². The average Bonchev–Trinajstić information content (AvgIpc) is 2.84. The van der Waals surface area contributed by atoms with Crippen molar-refractivity contribution >= 4 is 17.4 Å². The van der Waals surface area contributed by atoms with Gasteiger partial charge in [0.1, 0.15) is 5.75 Å². The summed E-state index contributed by atoms with van der Waals surface area (Å²) in [7, 11) is 0. The van der Waals surface area contributed by atoms with Crippen LogP contribution in [0.3, 0.4) is 0 Å². The van der Waals surface area contributed by atoms with Crippen LogP contribution in [-0.2, 0) is 9.59 Å². The highest BCUT2D eigenvalue weighted by atomic mass is 16.3. The number of amides is 1. The summed E-state index contributed by atoms with van der Waals surface area (Å²) < 4.78 is 0. The smallest absolute Gasteiger partial charge is 0.294 e. The predicted octanol–water partition coefficient (Wildman–Crippen LogP) is 4.52. The minimum absolute atomic E-state index is 0.0855. The monoisotopic (exact) mass is 379 g/mol. The van der Waals surface area contributed by atoms with Crippen molar-refractivity contribution in [2.45, 2.75) is 40.7 Å². The number of anilines is 1. The first-order valence-electron chi connectivity index (χ1n) is 9.19. The van der Waals surface area contributed by atoms with Gasteiger partial charge < -0.3 is 10.2 Å². The maximum atomic E-state index is 13.1. The third kappa shape index (κ3) is 3.40. The third-order valence-corrected chi connectivity index (χ3v) is 4.83. The average molecular weight is 379 g/mol. The number of hydrogen-bond acceptors (Lipinski definition) is 4. The fourth-order valence-electron chi connectivity index (χ4n) is 3.57. The highest BCUT2D eigenvalue weighted by Crippen LogP contribution is 2.43. The van der Waals surface area contributed by atoms with Gasteiger partial charge in [0.05, 0.1) is 11.6 Å². The Morgan fingerprint density at radius 2 is 1.50 bits per heavy atom. The van der Waals surface area contributed by atoms with E-state index in [4.69, 9.17) is 0 Å². The quantitative estimate of drug-likeness (QED) is 0.822. The van der Waals surface area contributed by atoms with Crippen LogP contribution in [0.25, 0.3) is 0 Å². The zero-order valence-electron chi connectivity index (χ0n) is 16.8. The van der Waals surface area contributed by atoms with Crippen molar-refractivity contribution in [2.24, 2.45) is 5.41 Å². The van der Waals surface area contributed by atoms with Crippen molar-refractivity contribution in [1.29, 1.82) is 0 Å². The molecule has 3 rings (SSSR count). The number of ketones is 1. The number of phenols is 1. The fourth-order valence-corrected chi connectivity index (χ4v) is 3.57. The topological polar surface area (TPSA) is 77.8 Å². The van der Waals surface area contributed by atoms with Crippen LogP contribution in [0.15, 0.2) is 53.8 Å². The number of aliphatic hydroxyl groups is 1. The zero-order chi connectivity index (χ0) is 20.8. The Kier molecular flexibility index (Phi) is 4.79. The van der Waals surface area contributed by atoms with Gasteiger partial charge in [0, 0.05) is 11.1 Å². The third-order valence-electron chi connectivity index (χ3n) is 4.83. The van der Waals surface area contributed by atoms with E-state index in [-0.39, 0.29) is 17.1 Å². The molecule has 2 N–H and O–H groups in total. The molecule has 0 radical (unpaired) electrons. The number of nitrogens with zero attached hydrogens (tertiary/aromatic N) is 1. The molecule has 0 fully saturated rings. The number of Topliss-reactive ketones (excluding diaryl/α,β-unsaturated/α-hetero) is 1. The molecule has 1 unspecified atom stereocenters. The molecule has 2 aromatic carbocycles. The molecule has 146 valence electrons. The van der Waals surface area contributed by atoms with Crippen LogP contribution in [-0.4, -0.2) is 21.9 Å². The molecule has 28 heavy (non-hydrogen) atoms. The molecule has 0 bridgehead atoms. The molecule has 5 heteroatoms. The highest BCUT2D eigenvalue weighted by molar-refractivity contribution is 6.17. The Morgan fingerprint density at radius 1 is 0.964 bits per heavy atom. The number of rotatable bonds is 3. The van der Waals surface area contributed by atoms with Gasteiger partial charge in [-0.3, -0.25) is 14.5 Å². The lowest BCUT2D eigenvalue weighted by molar-refractivity contribution is -0.123. The number of aromatic hydroxyl groups is 1. The zero-order valence-corrected chi connectivity index (χ0v) is 16.8. The summed E-state index contributed by atoms with van der Waals surface area (Å²) in [6, 6.07) is 11.3. The van der Waals surface area contributed by atoms with Crippen molar-refractivity contribution in [3.05, 3.63) is 70.5 Å². The van der Waals surface area contributed by atoms with Gasteiger partial charge in [-0.15, -0.1) is 0 Å². The SMILES string of the molecule is Cc1cc(C)cc(N2C(=O)C(O)=C(C(=O)C(C)(C)C)C2c2ccc(O)cc2)c1. The molecule has 1 amide bonds. The van der Waals surface area contributed by atoms with Gasteiger partial charge in [0.2, 0.25) is 0 Å². The minimum atomic E-state index is -0.767. The summed E-state index contributed by atoms with van der Waals surface area (Å²) in [5.41, 5.74) is 2.52. The lowest BCUT2D eigenvalue weighted by atomic mass is 9.82. The largest absolute Gasteiger partial charge is 0.508 e. The van der Waals surface area contributed by atoms with Gasteiger partial charge in [-0.25, -0.2) is 0 Å². The number of benzene rings is 2. The predicted molar refractivity (Wildman–Crippen MR) is 108 cm³/mol. The number of phenolic OH excluding ortho intramolecular Hbond substituents is 1. The van der Waals surface area contributed by atoms with Crippen LogP contribution in [0.2, 0.25) is 0 Å². The van der Waals surface area contributed by atoms with Crippen LogP contribution in [0.1, 0.15) is 43.5 Å². The van der Waals surface area contributed by atoms with Crippen molar-refractivity contribution < 1.29 is 19.8 Å². The van der Waals surface area contributed by atoms with E-state index in [9.17, 15) is 19.8 Å². The molecule has 1 atom stereocenters. The normalized spacial score (nSPS) is 17.4. The van der Waals surface area contributed by atoms with Crippen molar-refractivity contribution in [3.63, 3.8) is 0 Å². The number of hydrogen-bond donors (Lipinski definition) is 2. The van der Waals surface area contributed by atoms with E-state index in [1.54, 1.807) is 32.9 Å². The minimum Gasteiger partial charge on any atom is -0.508 e. The van der Waals surface area contributed by atoms with Crippen LogP contribution < -0.4 is 4.90 Å². The Morgan fingerprint density at radius 3 is 2.00 bits per heavy atom. The number of carbonyl (C=O) groups excluding carboxylic acids is 2. The van der Waals surface area contributed by atoms with E-state index in [1.807, 2.05) is 32.0 Å². The van der Waals surface area contributed by atoms with E-state index >= 15 is 0 Å². The van der Waals surface area contributed by atoms with Crippen LogP contribution >= 0.6 is 0 Å². The van der Waals surface area contributed by atoms with Gasteiger partial charge in [0.15, 0.2) is 11.5 Å². The van der Waals surface area contributed by atoms with Gasteiger partial charge in [-0.2, -0.15) is 0 Å². The number of carbonyl (C=O) groups is 2. The van der Waals surface area contributed by atoms with E-state index < -0.39 is 23.1 Å². The fraction of sp³-hybridized carbons (Fsp3) is 0.304. The summed E-state index contributed by atoms with van der Waals surface area (Å²) >= 11 is 0. The first kappa shape index (κ1) is 19.7. The molecule has 0 spiro atoms. The van der Waals surface area contributed by atoms with Gasteiger partial charge in [-0.1, -0.05) is 39.0 Å². The van der Waals surface area contributed by atoms with E-state index in [0.717, 1.165) is 11.1 Å². The number of aryl methyl sites for hydroxylation is 2. The van der Waals surface area contributed by atoms with E-state index in [1.165, 1.54) is 17.0 Å². The Bertz CT molecular complexity index is 960. The first-order valence-corrected chi connectivity index (χ1v) is 9.19. The number of aliphatic hydroxyl groups excluding tert-OH is 1. The first-order chi connectivity index (χ1) is 13.0.